The highest BCUT2D eigenvalue weighted by Gasteiger charge is 2.47. The molecule has 0 aliphatic carbocycles. The summed E-state index contributed by atoms with van der Waals surface area (Å²) in [7, 11) is 0. The minimum atomic E-state index is -0.632. The number of nitrogens with zero attached hydrogens (tertiary/aromatic N) is 4. The van der Waals surface area contributed by atoms with E-state index in [9.17, 15) is 9.59 Å². The van der Waals surface area contributed by atoms with Crippen molar-refractivity contribution in [3.8, 4) is 0 Å². The Balaban J connectivity index is 1.29. The third kappa shape index (κ3) is 3.93. The van der Waals surface area contributed by atoms with Gasteiger partial charge in [-0.15, -0.1) is 0 Å². The second-order valence-electron chi connectivity index (χ2n) is 6.88. The van der Waals surface area contributed by atoms with E-state index in [1.807, 2.05) is 12.1 Å². The van der Waals surface area contributed by atoms with Gasteiger partial charge in [-0.3, -0.25) is 14.8 Å². The van der Waals surface area contributed by atoms with Gasteiger partial charge in [-0.1, -0.05) is 11.2 Å². The highest BCUT2D eigenvalue weighted by Crippen LogP contribution is 2.34. The molecule has 1 spiro atoms. The summed E-state index contributed by atoms with van der Waals surface area (Å²) in [6.07, 6.45) is 7.59. The number of anilines is 1. The number of amides is 3. The maximum Gasteiger partial charge on any atom is 0.317 e. The highest BCUT2D eigenvalue weighted by molar-refractivity contribution is 6.43. The number of hydrogen-bond donors (Lipinski definition) is 2. The fourth-order valence-corrected chi connectivity index (χ4v) is 3.31. The summed E-state index contributed by atoms with van der Waals surface area (Å²) in [6, 6.07) is 7.05. The maximum atomic E-state index is 12.4. The van der Waals surface area contributed by atoms with Crippen molar-refractivity contribution in [2.24, 2.45) is 5.16 Å². The molecular formula is C19H20N6O3. The lowest BCUT2D eigenvalue weighted by Crippen LogP contribution is -2.41. The number of carbonyl (C=O) groups is 2. The lowest BCUT2D eigenvalue weighted by atomic mass is 9.96. The Labute approximate surface area is 161 Å². The normalized spacial score (nSPS) is 20.6. The Bertz CT molecular complexity index is 889. The summed E-state index contributed by atoms with van der Waals surface area (Å²) in [5, 5.41) is 9.61. The summed E-state index contributed by atoms with van der Waals surface area (Å²) in [6.45, 7) is 1.34. The van der Waals surface area contributed by atoms with E-state index in [1.54, 1.807) is 41.8 Å². The van der Waals surface area contributed by atoms with Gasteiger partial charge in [-0.25, -0.2) is 4.79 Å². The van der Waals surface area contributed by atoms with Crippen LogP contribution in [0.15, 0.2) is 54.2 Å². The van der Waals surface area contributed by atoms with Crippen molar-refractivity contribution in [3.63, 3.8) is 0 Å². The Hall–Kier alpha value is -3.49. The molecule has 144 valence electrons. The Kier molecular flexibility index (Phi) is 4.88. The number of aromatic nitrogens is 2. The van der Waals surface area contributed by atoms with E-state index in [-0.39, 0.29) is 11.9 Å². The molecule has 1 unspecified atom stereocenters. The van der Waals surface area contributed by atoms with Gasteiger partial charge in [0.25, 0.3) is 5.91 Å². The number of pyridine rings is 2. The summed E-state index contributed by atoms with van der Waals surface area (Å²) >= 11 is 0. The predicted octanol–water partition coefficient (Wildman–Crippen LogP) is 1.55. The van der Waals surface area contributed by atoms with E-state index in [2.05, 4.69) is 25.8 Å². The molecule has 3 amide bonds. The third-order valence-corrected chi connectivity index (χ3v) is 4.79. The second kappa shape index (κ2) is 7.63. The van der Waals surface area contributed by atoms with Crippen LogP contribution in [0.4, 0.5) is 10.5 Å². The molecule has 9 heteroatoms. The van der Waals surface area contributed by atoms with Gasteiger partial charge < -0.3 is 20.4 Å². The number of hydrogen-bond acceptors (Lipinski definition) is 6. The largest absolute Gasteiger partial charge is 0.386 e. The molecule has 1 atom stereocenters. The predicted molar refractivity (Wildman–Crippen MR) is 101 cm³/mol. The van der Waals surface area contributed by atoms with Crippen molar-refractivity contribution in [1.82, 2.24) is 20.2 Å². The highest BCUT2D eigenvalue weighted by atomic mass is 16.7. The Morgan fingerprint density at radius 3 is 2.75 bits per heavy atom. The molecule has 2 aliphatic rings. The molecular weight excluding hydrogens is 360 g/mol. The van der Waals surface area contributed by atoms with Gasteiger partial charge in [0.1, 0.15) is 5.71 Å². The van der Waals surface area contributed by atoms with E-state index in [4.69, 9.17) is 4.84 Å². The first-order chi connectivity index (χ1) is 13.6. The van der Waals surface area contributed by atoms with Crippen molar-refractivity contribution >= 4 is 23.3 Å². The van der Waals surface area contributed by atoms with E-state index >= 15 is 0 Å². The van der Waals surface area contributed by atoms with E-state index in [0.29, 0.717) is 43.9 Å². The van der Waals surface area contributed by atoms with Crippen LogP contribution in [0.5, 0.6) is 0 Å². The Morgan fingerprint density at radius 2 is 2.00 bits per heavy atom. The van der Waals surface area contributed by atoms with Crippen LogP contribution in [-0.4, -0.2) is 51.2 Å². The van der Waals surface area contributed by atoms with Crippen molar-refractivity contribution in [2.45, 2.75) is 25.0 Å². The summed E-state index contributed by atoms with van der Waals surface area (Å²) in [5.74, 6) is -0.315. The molecule has 0 saturated carbocycles. The molecule has 0 radical (unpaired) electrons. The second-order valence-corrected chi connectivity index (χ2v) is 6.88. The van der Waals surface area contributed by atoms with Crippen molar-refractivity contribution in [1.29, 1.82) is 0 Å². The van der Waals surface area contributed by atoms with Crippen LogP contribution in [0, 0.1) is 0 Å². The molecule has 9 nitrogen and oxygen atoms in total. The zero-order valence-corrected chi connectivity index (χ0v) is 15.2. The number of urea groups is 1. The lowest BCUT2D eigenvalue weighted by molar-refractivity contribution is -0.110. The molecule has 28 heavy (non-hydrogen) atoms. The number of rotatable bonds is 4. The minimum absolute atomic E-state index is 0.169. The fourth-order valence-electron chi connectivity index (χ4n) is 3.31. The van der Waals surface area contributed by atoms with Crippen molar-refractivity contribution in [3.05, 3.63) is 54.6 Å². The van der Waals surface area contributed by atoms with E-state index < -0.39 is 5.60 Å². The molecule has 2 aromatic heterocycles. The van der Waals surface area contributed by atoms with Gasteiger partial charge in [0.2, 0.25) is 0 Å². The van der Waals surface area contributed by atoms with Crippen LogP contribution in [0.25, 0.3) is 0 Å². The molecule has 1 fully saturated rings. The van der Waals surface area contributed by atoms with Crippen LogP contribution < -0.4 is 10.6 Å². The molecule has 2 aromatic rings. The smallest absolute Gasteiger partial charge is 0.317 e. The van der Waals surface area contributed by atoms with Gasteiger partial charge >= 0.3 is 6.03 Å². The van der Waals surface area contributed by atoms with Crippen LogP contribution in [-0.2, 0) is 16.2 Å². The number of nitrogens with one attached hydrogen (secondary N) is 2. The molecule has 0 bridgehead atoms. The maximum absolute atomic E-state index is 12.4. The topological polar surface area (TPSA) is 109 Å². The fraction of sp³-hybridized carbons (Fsp3) is 0.316. The number of likely N-dealkylation sites (tertiary alicyclic amines) is 1. The molecule has 0 aromatic carbocycles. The zero-order valence-electron chi connectivity index (χ0n) is 15.2. The standard InChI is InChI=1S/C19H20N6O3/c26-17(23-15-4-2-7-21-12-15)16-9-19(28-24-16)5-8-25(13-19)18(27)22-11-14-3-1-6-20-10-14/h1-4,6-7,10,12H,5,8-9,11,13H2,(H,22,27)(H,23,26). The lowest BCUT2D eigenvalue weighted by Gasteiger charge is -2.22. The summed E-state index contributed by atoms with van der Waals surface area (Å²) in [4.78, 5) is 40.1. The van der Waals surface area contributed by atoms with E-state index in [1.165, 1.54) is 0 Å². The van der Waals surface area contributed by atoms with Gasteiger partial charge in [-0.05, 0) is 23.8 Å². The first kappa shape index (κ1) is 17.9. The number of oxime groups is 1. The molecule has 2 N–H and O–H groups in total. The van der Waals surface area contributed by atoms with Crippen LogP contribution in [0.2, 0.25) is 0 Å². The molecule has 1 saturated heterocycles. The molecule has 4 rings (SSSR count). The zero-order chi connectivity index (χ0) is 19.4. The average molecular weight is 380 g/mol. The quantitative estimate of drug-likeness (QED) is 0.836. The van der Waals surface area contributed by atoms with E-state index in [0.717, 1.165) is 5.56 Å². The third-order valence-electron chi connectivity index (χ3n) is 4.79. The minimum Gasteiger partial charge on any atom is -0.386 e. The van der Waals surface area contributed by atoms with Crippen LogP contribution in [0.3, 0.4) is 0 Å². The Morgan fingerprint density at radius 1 is 1.18 bits per heavy atom. The SMILES string of the molecule is O=C(Nc1cccnc1)C1=NOC2(CCN(C(=O)NCc3cccnc3)C2)C1. The van der Waals surface area contributed by atoms with Crippen LogP contribution >= 0.6 is 0 Å². The van der Waals surface area contributed by atoms with Crippen molar-refractivity contribution < 1.29 is 14.4 Å². The van der Waals surface area contributed by atoms with Gasteiger partial charge in [0.15, 0.2) is 5.60 Å². The monoisotopic (exact) mass is 380 g/mol. The van der Waals surface area contributed by atoms with Gasteiger partial charge in [0, 0.05) is 44.5 Å². The first-order valence-electron chi connectivity index (χ1n) is 9.02. The first-order valence-corrected chi connectivity index (χ1v) is 9.02. The molecule has 4 heterocycles. The van der Waals surface area contributed by atoms with Gasteiger partial charge in [0.05, 0.1) is 18.4 Å². The summed E-state index contributed by atoms with van der Waals surface area (Å²) < 4.78 is 0. The molecule has 2 aliphatic heterocycles. The van der Waals surface area contributed by atoms with Gasteiger partial charge in [-0.2, -0.15) is 0 Å². The van der Waals surface area contributed by atoms with Crippen molar-refractivity contribution in [2.75, 3.05) is 18.4 Å². The average Bonchev–Trinajstić information content (AvgIpc) is 3.35. The summed E-state index contributed by atoms with van der Waals surface area (Å²) in [5.41, 5.74) is 1.22. The van der Waals surface area contributed by atoms with Crippen LogP contribution in [0.1, 0.15) is 18.4 Å². The number of carbonyl (C=O) groups excluding carboxylic acids is 2.